The van der Waals surface area contributed by atoms with E-state index in [-0.39, 0.29) is 0 Å². The van der Waals surface area contributed by atoms with Crippen LogP contribution >= 0.6 is 11.6 Å². The minimum absolute atomic E-state index is 0.335. The standard InChI is InChI=1S/C29H28ClF6N3O/c1-18-12-20(10-11-37-18)15-39-23-7-8-24(39)17-38(16-23)14-19-2-9-25(26(30)13-19)21-3-5-22(6-4-21)27(40,28(31,32)33)29(34,35)36/h2-6,9-13,23-24,40H,7-8,14-17H2,1H3. The Morgan fingerprint density at radius 2 is 1.45 bits per heavy atom. The van der Waals surface area contributed by atoms with Crippen molar-refractivity contribution < 1.29 is 31.4 Å². The second-order valence-corrected chi connectivity index (χ2v) is 11.1. The Morgan fingerprint density at radius 3 is 2.00 bits per heavy atom. The van der Waals surface area contributed by atoms with E-state index in [1.807, 2.05) is 19.2 Å². The Balaban J connectivity index is 1.27. The lowest BCUT2D eigenvalue weighted by Crippen LogP contribution is -2.53. The fourth-order valence-electron chi connectivity index (χ4n) is 5.91. The van der Waals surface area contributed by atoms with E-state index in [0.717, 1.165) is 55.9 Å². The van der Waals surface area contributed by atoms with Gasteiger partial charge in [-0.25, -0.2) is 0 Å². The number of benzene rings is 2. The lowest BCUT2D eigenvalue weighted by Gasteiger charge is -2.41. The fourth-order valence-corrected chi connectivity index (χ4v) is 6.22. The third-order valence-electron chi connectivity index (χ3n) is 7.91. The van der Waals surface area contributed by atoms with Crippen molar-refractivity contribution in [2.24, 2.45) is 0 Å². The van der Waals surface area contributed by atoms with E-state index in [9.17, 15) is 31.4 Å². The lowest BCUT2D eigenvalue weighted by atomic mass is 9.90. The van der Waals surface area contributed by atoms with Gasteiger partial charge >= 0.3 is 12.4 Å². The molecule has 2 saturated heterocycles. The molecule has 2 aliphatic heterocycles. The number of aliphatic hydroxyl groups is 1. The zero-order chi connectivity index (χ0) is 28.9. The van der Waals surface area contributed by atoms with E-state index < -0.39 is 23.5 Å². The van der Waals surface area contributed by atoms with Crippen molar-refractivity contribution in [1.29, 1.82) is 0 Å². The van der Waals surface area contributed by atoms with E-state index in [2.05, 4.69) is 26.9 Å². The first-order chi connectivity index (χ1) is 18.8. The third-order valence-corrected chi connectivity index (χ3v) is 8.22. The van der Waals surface area contributed by atoms with E-state index >= 15 is 0 Å². The van der Waals surface area contributed by atoms with Gasteiger partial charge in [-0.3, -0.25) is 14.8 Å². The number of aromatic nitrogens is 1. The van der Waals surface area contributed by atoms with Crippen LogP contribution in [0.5, 0.6) is 0 Å². The zero-order valence-corrected chi connectivity index (χ0v) is 22.4. The number of alkyl halides is 6. The van der Waals surface area contributed by atoms with Crippen molar-refractivity contribution in [3.8, 4) is 11.1 Å². The van der Waals surface area contributed by atoms with Gasteiger partial charge in [0.2, 0.25) is 0 Å². The molecule has 2 aromatic carbocycles. The number of halogens is 7. The van der Waals surface area contributed by atoms with Crippen LogP contribution in [0.2, 0.25) is 5.02 Å². The number of nitrogens with zero attached hydrogens (tertiary/aromatic N) is 3. The molecule has 40 heavy (non-hydrogen) atoms. The minimum atomic E-state index is -5.94. The van der Waals surface area contributed by atoms with Crippen molar-refractivity contribution >= 4 is 11.6 Å². The number of hydrogen-bond acceptors (Lipinski definition) is 4. The molecule has 0 spiro atoms. The van der Waals surface area contributed by atoms with Crippen LogP contribution in [0.3, 0.4) is 0 Å². The molecule has 0 amide bonds. The predicted molar refractivity (Wildman–Crippen MR) is 139 cm³/mol. The quantitative estimate of drug-likeness (QED) is 0.322. The van der Waals surface area contributed by atoms with Gasteiger partial charge in [-0.15, -0.1) is 0 Å². The molecule has 2 fully saturated rings. The van der Waals surface area contributed by atoms with Crippen molar-refractivity contribution in [3.63, 3.8) is 0 Å². The number of hydrogen-bond donors (Lipinski definition) is 1. The molecule has 1 N–H and O–H groups in total. The summed E-state index contributed by atoms with van der Waals surface area (Å²) >= 11 is 6.51. The maximum absolute atomic E-state index is 13.2. The highest BCUT2D eigenvalue weighted by Crippen LogP contribution is 2.50. The van der Waals surface area contributed by atoms with Gasteiger partial charge in [0.05, 0.1) is 0 Å². The molecule has 2 aliphatic rings. The highest BCUT2D eigenvalue weighted by molar-refractivity contribution is 6.33. The maximum Gasteiger partial charge on any atom is 0.430 e. The molecule has 3 aromatic rings. The number of aryl methyl sites for hydroxylation is 1. The summed E-state index contributed by atoms with van der Waals surface area (Å²) in [4.78, 5) is 9.25. The molecule has 0 saturated carbocycles. The molecule has 2 unspecified atom stereocenters. The van der Waals surface area contributed by atoms with Crippen molar-refractivity contribution in [3.05, 3.63) is 88.2 Å². The largest absolute Gasteiger partial charge is 0.430 e. The summed E-state index contributed by atoms with van der Waals surface area (Å²) in [5.74, 6) is 0. The summed E-state index contributed by atoms with van der Waals surface area (Å²) in [5, 5.41) is 9.96. The summed E-state index contributed by atoms with van der Waals surface area (Å²) in [7, 11) is 0. The second-order valence-electron chi connectivity index (χ2n) is 10.7. The second kappa shape index (κ2) is 10.6. The molecule has 0 aliphatic carbocycles. The first-order valence-corrected chi connectivity index (χ1v) is 13.3. The van der Waals surface area contributed by atoms with Gasteiger partial charge in [0, 0.05) is 66.3 Å². The zero-order valence-electron chi connectivity index (χ0n) is 21.6. The molecular weight excluding hydrogens is 556 g/mol. The Morgan fingerprint density at radius 1 is 0.850 bits per heavy atom. The SMILES string of the molecule is Cc1cc(CN2C3CCC2CN(Cc2ccc(-c4ccc(C(O)(C(F)(F)F)C(F)(F)F)cc4)c(Cl)c2)C3)ccn1. The lowest BCUT2D eigenvalue weighted by molar-refractivity contribution is -0.376. The van der Waals surface area contributed by atoms with Gasteiger partial charge in [-0.05, 0) is 54.7 Å². The summed E-state index contributed by atoms with van der Waals surface area (Å²) < 4.78 is 79.2. The molecule has 11 heteroatoms. The van der Waals surface area contributed by atoms with E-state index in [0.29, 0.717) is 46.9 Å². The van der Waals surface area contributed by atoms with Crippen molar-refractivity contribution in [1.82, 2.24) is 14.8 Å². The normalized spacial score (nSPS) is 20.7. The molecule has 2 atom stereocenters. The molecular formula is C29H28ClF6N3O. The highest BCUT2D eigenvalue weighted by Gasteiger charge is 2.71. The van der Waals surface area contributed by atoms with Crippen LogP contribution in [0.15, 0.2) is 60.8 Å². The van der Waals surface area contributed by atoms with Gasteiger partial charge in [-0.1, -0.05) is 48.0 Å². The number of pyridine rings is 1. The van der Waals surface area contributed by atoms with E-state index in [1.54, 1.807) is 12.1 Å². The molecule has 0 radical (unpaired) electrons. The topological polar surface area (TPSA) is 39.6 Å². The Kier molecular flexibility index (Phi) is 7.67. The Labute approximate surface area is 233 Å². The number of rotatable bonds is 6. The van der Waals surface area contributed by atoms with Gasteiger partial charge in [0.15, 0.2) is 0 Å². The predicted octanol–water partition coefficient (Wildman–Crippen LogP) is 6.87. The van der Waals surface area contributed by atoms with Crippen LogP contribution in [0, 0.1) is 6.92 Å². The minimum Gasteiger partial charge on any atom is -0.369 e. The van der Waals surface area contributed by atoms with Crippen molar-refractivity contribution in [2.45, 2.75) is 62.9 Å². The summed E-state index contributed by atoms with van der Waals surface area (Å²) in [5.41, 5.74) is -2.24. The van der Waals surface area contributed by atoms with Gasteiger partial charge in [-0.2, -0.15) is 26.3 Å². The van der Waals surface area contributed by atoms with Crippen LogP contribution in [-0.4, -0.2) is 57.4 Å². The molecule has 4 nitrogen and oxygen atoms in total. The van der Waals surface area contributed by atoms with E-state index in [4.69, 9.17) is 11.6 Å². The van der Waals surface area contributed by atoms with Crippen LogP contribution in [-0.2, 0) is 18.7 Å². The smallest absolute Gasteiger partial charge is 0.369 e. The third kappa shape index (κ3) is 5.46. The highest BCUT2D eigenvalue weighted by atomic mass is 35.5. The van der Waals surface area contributed by atoms with Crippen molar-refractivity contribution in [2.75, 3.05) is 13.1 Å². The average molecular weight is 584 g/mol. The fraction of sp³-hybridized carbons (Fsp3) is 0.414. The average Bonchev–Trinajstić information content (AvgIpc) is 3.09. The monoisotopic (exact) mass is 583 g/mol. The summed E-state index contributed by atoms with van der Waals surface area (Å²) in [6, 6.07) is 13.9. The van der Waals surface area contributed by atoms with Gasteiger partial charge < -0.3 is 5.11 Å². The van der Waals surface area contributed by atoms with Crippen LogP contribution in [0.1, 0.15) is 35.2 Å². The number of fused-ring (bicyclic) bond motifs is 2. The van der Waals surface area contributed by atoms with Crippen LogP contribution in [0.25, 0.3) is 11.1 Å². The first kappa shape index (κ1) is 28.9. The summed E-state index contributed by atoms with van der Waals surface area (Å²) in [6.45, 7) is 5.40. The molecule has 1 aromatic heterocycles. The Bertz CT molecular complexity index is 1330. The number of piperazine rings is 1. The van der Waals surface area contributed by atoms with Gasteiger partial charge in [0.25, 0.3) is 5.60 Å². The number of likely N-dealkylation sites (tertiary alicyclic amines) is 1. The maximum atomic E-state index is 13.2. The Hall–Kier alpha value is -2.66. The molecule has 2 bridgehead atoms. The molecule has 214 valence electrons. The van der Waals surface area contributed by atoms with Crippen LogP contribution in [0.4, 0.5) is 26.3 Å². The van der Waals surface area contributed by atoms with Gasteiger partial charge in [0.1, 0.15) is 0 Å². The van der Waals surface area contributed by atoms with Crippen LogP contribution < -0.4 is 0 Å². The molecule has 3 heterocycles. The van der Waals surface area contributed by atoms with E-state index in [1.165, 1.54) is 5.56 Å². The summed E-state index contributed by atoms with van der Waals surface area (Å²) in [6.07, 6.45) is -7.75. The molecule has 5 rings (SSSR count). The first-order valence-electron chi connectivity index (χ1n) is 12.9.